The largest absolute Gasteiger partial charge is 0.480 e. The number of carbonyl (C=O) groups is 3. The van der Waals surface area contributed by atoms with Crippen molar-refractivity contribution in [2.75, 3.05) is 6.61 Å². The molecule has 0 aliphatic heterocycles. The average molecular weight is 479 g/mol. The van der Waals surface area contributed by atoms with Crippen molar-refractivity contribution in [2.45, 2.75) is 64.5 Å². The average Bonchev–Trinajstić information content (AvgIpc) is 3.37. The summed E-state index contributed by atoms with van der Waals surface area (Å²) in [7, 11) is 0. The van der Waals surface area contributed by atoms with E-state index in [0.29, 0.717) is 0 Å². The fraction of sp³-hybridized carbons (Fsp3) is 0.464. The van der Waals surface area contributed by atoms with Crippen LogP contribution in [-0.4, -0.2) is 41.8 Å². The summed E-state index contributed by atoms with van der Waals surface area (Å²) in [6, 6.07) is 15.2. The second-order valence-electron chi connectivity index (χ2n) is 10.7. The molecule has 4 rings (SSSR count). The molecule has 2 aliphatic carbocycles. The van der Waals surface area contributed by atoms with E-state index in [2.05, 4.69) is 34.9 Å². The van der Waals surface area contributed by atoms with Gasteiger partial charge in [-0.2, -0.15) is 0 Å². The Morgan fingerprint density at radius 2 is 1.60 bits per heavy atom. The van der Waals surface area contributed by atoms with Crippen molar-refractivity contribution >= 4 is 18.0 Å². The minimum Gasteiger partial charge on any atom is -0.480 e. The number of nitrogens with one attached hydrogen (secondary N) is 2. The number of hydrogen-bond donors (Lipinski definition) is 3. The van der Waals surface area contributed by atoms with Gasteiger partial charge in [-0.15, -0.1) is 0 Å². The smallest absolute Gasteiger partial charge is 0.407 e. The monoisotopic (exact) mass is 478 g/mol. The number of rotatable bonds is 7. The number of hydrogen-bond acceptors (Lipinski definition) is 4. The third kappa shape index (κ3) is 5.50. The van der Waals surface area contributed by atoms with Crippen LogP contribution in [0, 0.1) is 11.3 Å². The Morgan fingerprint density at radius 3 is 2.17 bits per heavy atom. The summed E-state index contributed by atoms with van der Waals surface area (Å²) < 4.78 is 5.67. The van der Waals surface area contributed by atoms with Crippen LogP contribution in [0.25, 0.3) is 11.1 Å². The lowest BCUT2D eigenvalue weighted by molar-refractivity contribution is -0.145. The number of carboxylic acid groups (broad SMARTS) is 1. The van der Waals surface area contributed by atoms with Gasteiger partial charge in [-0.25, -0.2) is 9.59 Å². The second-order valence-corrected chi connectivity index (χ2v) is 10.7. The van der Waals surface area contributed by atoms with Gasteiger partial charge >= 0.3 is 12.1 Å². The quantitative estimate of drug-likeness (QED) is 0.535. The molecule has 2 amide bonds. The fourth-order valence-corrected chi connectivity index (χ4v) is 5.37. The van der Waals surface area contributed by atoms with Crippen LogP contribution in [0.15, 0.2) is 48.5 Å². The van der Waals surface area contributed by atoms with Crippen molar-refractivity contribution < 1.29 is 24.2 Å². The van der Waals surface area contributed by atoms with E-state index in [4.69, 9.17) is 4.74 Å². The van der Waals surface area contributed by atoms with E-state index in [1.165, 1.54) is 11.1 Å². The minimum absolute atomic E-state index is 0.0105. The van der Waals surface area contributed by atoms with E-state index in [1.54, 1.807) is 20.8 Å². The van der Waals surface area contributed by atoms with Crippen LogP contribution in [0.3, 0.4) is 0 Å². The Bertz CT molecular complexity index is 1060. The third-order valence-electron chi connectivity index (χ3n) is 7.17. The van der Waals surface area contributed by atoms with Gasteiger partial charge in [0.1, 0.15) is 12.6 Å². The van der Waals surface area contributed by atoms with Crippen LogP contribution < -0.4 is 10.6 Å². The van der Waals surface area contributed by atoms with Crippen LogP contribution >= 0.6 is 0 Å². The molecule has 7 nitrogen and oxygen atoms in total. The van der Waals surface area contributed by atoms with Crippen molar-refractivity contribution in [3.05, 3.63) is 59.7 Å². The van der Waals surface area contributed by atoms with Gasteiger partial charge in [-0.05, 0) is 46.4 Å². The normalized spacial score (nSPS) is 20.0. The highest BCUT2D eigenvalue weighted by Gasteiger charge is 2.36. The summed E-state index contributed by atoms with van der Waals surface area (Å²) >= 11 is 0. The van der Waals surface area contributed by atoms with E-state index in [0.717, 1.165) is 30.4 Å². The Labute approximate surface area is 206 Å². The molecule has 2 aliphatic rings. The Hall–Kier alpha value is -3.35. The Kier molecular flexibility index (Phi) is 7.15. The summed E-state index contributed by atoms with van der Waals surface area (Å²) in [6.45, 7) is 5.58. The van der Waals surface area contributed by atoms with Crippen molar-refractivity contribution in [2.24, 2.45) is 11.3 Å². The minimum atomic E-state index is -1.05. The number of carbonyl (C=O) groups excluding carboxylic acids is 2. The number of ether oxygens (including phenoxy) is 1. The lowest BCUT2D eigenvalue weighted by Gasteiger charge is -2.28. The first-order valence-electron chi connectivity index (χ1n) is 12.3. The molecule has 3 N–H and O–H groups in total. The molecule has 35 heavy (non-hydrogen) atoms. The van der Waals surface area contributed by atoms with Crippen molar-refractivity contribution in [1.29, 1.82) is 0 Å². The maximum atomic E-state index is 12.7. The topological polar surface area (TPSA) is 105 Å². The first-order chi connectivity index (χ1) is 16.6. The standard InChI is InChI=1S/C28H34N2O5/c1-28(2,3)25(26(32)33)30-24(31)15-17-9-8-14-23(17)29-27(34)35-16-22-20-12-6-4-10-18(20)19-11-5-7-13-21(19)22/h4-7,10-13,17,22-23,25H,8-9,14-16H2,1-3H3,(H,29,34)(H,30,31)(H,32,33). The molecule has 0 heterocycles. The third-order valence-corrected chi connectivity index (χ3v) is 7.17. The molecule has 0 radical (unpaired) electrons. The number of aliphatic carboxylic acids is 1. The van der Waals surface area contributed by atoms with E-state index in [1.807, 2.05) is 24.3 Å². The van der Waals surface area contributed by atoms with E-state index in [-0.39, 0.29) is 36.8 Å². The molecule has 2 aromatic carbocycles. The predicted octanol–water partition coefficient (Wildman–Crippen LogP) is 4.70. The molecule has 1 fully saturated rings. The molecular formula is C28H34N2O5. The highest BCUT2D eigenvalue weighted by molar-refractivity contribution is 5.84. The summed E-state index contributed by atoms with van der Waals surface area (Å²) in [5, 5.41) is 15.1. The summed E-state index contributed by atoms with van der Waals surface area (Å²) in [6.07, 6.45) is 2.16. The highest BCUT2D eigenvalue weighted by Crippen LogP contribution is 2.44. The highest BCUT2D eigenvalue weighted by atomic mass is 16.5. The van der Waals surface area contributed by atoms with Gasteiger partial charge in [0.05, 0.1) is 0 Å². The second kappa shape index (κ2) is 10.1. The maximum Gasteiger partial charge on any atom is 0.407 e. The number of fused-ring (bicyclic) bond motifs is 3. The first kappa shape index (κ1) is 24.8. The fourth-order valence-electron chi connectivity index (χ4n) is 5.37. The lowest BCUT2D eigenvalue weighted by atomic mass is 9.86. The van der Waals surface area contributed by atoms with Gasteiger partial charge < -0.3 is 20.5 Å². The molecule has 0 saturated heterocycles. The number of alkyl carbamates (subject to hydrolysis) is 1. The van der Waals surface area contributed by atoms with Gasteiger partial charge in [0.2, 0.25) is 5.91 Å². The van der Waals surface area contributed by atoms with Gasteiger partial charge in [0.25, 0.3) is 0 Å². The molecular weight excluding hydrogens is 444 g/mol. The molecule has 0 bridgehead atoms. The van der Waals surface area contributed by atoms with Crippen LogP contribution in [0.2, 0.25) is 0 Å². The molecule has 0 aromatic heterocycles. The van der Waals surface area contributed by atoms with Crippen LogP contribution in [0.1, 0.15) is 63.5 Å². The molecule has 1 saturated carbocycles. The van der Waals surface area contributed by atoms with Gasteiger partial charge in [-0.1, -0.05) is 75.7 Å². The predicted molar refractivity (Wildman–Crippen MR) is 133 cm³/mol. The molecule has 7 heteroatoms. The van der Waals surface area contributed by atoms with Crippen molar-refractivity contribution in [1.82, 2.24) is 10.6 Å². The number of benzene rings is 2. The lowest BCUT2D eigenvalue weighted by Crippen LogP contribution is -2.50. The van der Waals surface area contributed by atoms with E-state index < -0.39 is 23.5 Å². The van der Waals surface area contributed by atoms with Crippen LogP contribution in [0.5, 0.6) is 0 Å². The van der Waals surface area contributed by atoms with Crippen LogP contribution in [0.4, 0.5) is 4.79 Å². The molecule has 0 spiro atoms. The van der Waals surface area contributed by atoms with E-state index >= 15 is 0 Å². The van der Waals surface area contributed by atoms with Crippen molar-refractivity contribution in [3.8, 4) is 11.1 Å². The molecule has 3 atom stereocenters. The molecule has 186 valence electrons. The summed E-state index contributed by atoms with van der Waals surface area (Å²) in [4.78, 5) is 36.9. The first-order valence-corrected chi connectivity index (χ1v) is 12.3. The van der Waals surface area contributed by atoms with Gasteiger partial charge in [-0.3, -0.25) is 4.79 Å². The van der Waals surface area contributed by atoms with Gasteiger partial charge in [0.15, 0.2) is 0 Å². The van der Waals surface area contributed by atoms with Crippen molar-refractivity contribution in [3.63, 3.8) is 0 Å². The SMILES string of the molecule is CC(C)(C)C(NC(=O)CC1CCCC1NC(=O)OCC1c2ccccc2-c2ccccc21)C(=O)O. The van der Waals surface area contributed by atoms with Gasteiger partial charge in [0, 0.05) is 18.4 Å². The molecule has 3 unspecified atom stereocenters. The number of carboxylic acids is 1. The zero-order valence-corrected chi connectivity index (χ0v) is 20.5. The summed E-state index contributed by atoms with van der Waals surface area (Å²) in [5.74, 6) is -1.42. The van der Waals surface area contributed by atoms with Crippen LogP contribution in [-0.2, 0) is 14.3 Å². The Balaban J connectivity index is 1.33. The number of amides is 2. The molecule has 2 aromatic rings. The zero-order valence-electron chi connectivity index (χ0n) is 20.5. The Morgan fingerprint density at radius 1 is 1.00 bits per heavy atom. The van der Waals surface area contributed by atoms with E-state index in [9.17, 15) is 19.5 Å². The maximum absolute atomic E-state index is 12.7. The zero-order chi connectivity index (χ0) is 25.2. The summed E-state index contributed by atoms with van der Waals surface area (Å²) in [5.41, 5.74) is 4.06.